The summed E-state index contributed by atoms with van der Waals surface area (Å²) in [5.41, 5.74) is 1.22. The van der Waals surface area contributed by atoms with Gasteiger partial charge >= 0.3 is 0 Å². The van der Waals surface area contributed by atoms with Crippen LogP contribution in [-0.2, 0) is 4.79 Å². The Kier molecular flexibility index (Phi) is 4.24. The maximum Gasteiger partial charge on any atom is 0.250 e. The third kappa shape index (κ3) is 3.48. The Hall–Kier alpha value is -2.08. The van der Waals surface area contributed by atoms with Gasteiger partial charge in [-0.05, 0) is 32.0 Å². The summed E-state index contributed by atoms with van der Waals surface area (Å²) < 4.78 is 26.7. The van der Waals surface area contributed by atoms with Gasteiger partial charge in [0.2, 0.25) is 5.91 Å². The highest BCUT2D eigenvalue weighted by atomic mass is 32.1. The second-order valence-electron chi connectivity index (χ2n) is 4.37. The fraction of sp³-hybridized carbons (Fsp3) is 0.143. The Bertz CT molecular complexity index is 676. The lowest BCUT2D eigenvalue weighted by atomic mass is 10.1. The standard InChI is InChI=1S/C14H12F2N2OS/c1-8(2)5-13(19)18-14-17-12(7-20-14)10-6-9(15)3-4-11(10)16/h3-7H,1-2H3,(H,17,18,19). The number of amides is 1. The van der Waals surface area contributed by atoms with Gasteiger partial charge in [-0.2, -0.15) is 0 Å². The maximum absolute atomic E-state index is 13.6. The SMILES string of the molecule is CC(C)=CC(=O)Nc1nc(-c2cc(F)ccc2F)cs1. The minimum atomic E-state index is -0.557. The minimum Gasteiger partial charge on any atom is -0.298 e. The molecule has 0 aliphatic rings. The number of halogens is 2. The summed E-state index contributed by atoms with van der Waals surface area (Å²) in [6, 6.07) is 3.17. The second-order valence-corrected chi connectivity index (χ2v) is 5.23. The van der Waals surface area contributed by atoms with E-state index in [1.165, 1.54) is 6.08 Å². The highest BCUT2D eigenvalue weighted by Gasteiger charge is 2.11. The minimum absolute atomic E-state index is 0.0731. The molecule has 0 radical (unpaired) electrons. The first kappa shape index (κ1) is 14.3. The van der Waals surface area contributed by atoms with E-state index in [0.29, 0.717) is 10.8 Å². The number of nitrogens with one attached hydrogen (secondary N) is 1. The Morgan fingerprint density at radius 2 is 2.10 bits per heavy atom. The molecule has 0 bridgehead atoms. The number of hydrogen-bond donors (Lipinski definition) is 1. The highest BCUT2D eigenvalue weighted by molar-refractivity contribution is 7.14. The number of rotatable bonds is 3. The van der Waals surface area contributed by atoms with Gasteiger partial charge in [-0.15, -0.1) is 11.3 Å². The van der Waals surface area contributed by atoms with E-state index >= 15 is 0 Å². The molecule has 20 heavy (non-hydrogen) atoms. The van der Waals surface area contributed by atoms with Gasteiger partial charge in [0.25, 0.3) is 0 Å². The van der Waals surface area contributed by atoms with Crippen LogP contribution >= 0.6 is 11.3 Å². The van der Waals surface area contributed by atoms with Crippen LogP contribution in [0.2, 0.25) is 0 Å². The molecule has 2 aromatic rings. The summed E-state index contributed by atoms with van der Waals surface area (Å²) in [5, 5.41) is 4.48. The normalized spacial score (nSPS) is 10.2. The smallest absolute Gasteiger partial charge is 0.250 e. The van der Waals surface area contributed by atoms with E-state index in [2.05, 4.69) is 10.3 Å². The number of hydrogen-bond acceptors (Lipinski definition) is 3. The number of nitrogens with zero attached hydrogens (tertiary/aromatic N) is 1. The summed E-state index contributed by atoms with van der Waals surface area (Å²) >= 11 is 1.15. The van der Waals surface area contributed by atoms with Crippen LogP contribution < -0.4 is 5.32 Å². The van der Waals surface area contributed by atoms with Crippen LogP contribution in [0.5, 0.6) is 0 Å². The number of carbonyl (C=O) groups excluding carboxylic acids is 1. The van der Waals surface area contributed by atoms with Crippen molar-refractivity contribution in [2.75, 3.05) is 5.32 Å². The number of allylic oxidation sites excluding steroid dienone is 1. The quantitative estimate of drug-likeness (QED) is 0.870. The van der Waals surface area contributed by atoms with Crippen LogP contribution in [0.25, 0.3) is 11.3 Å². The molecule has 0 unspecified atom stereocenters. The van der Waals surface area contributed by atoms with Gasteiger partial charge in [0.15, 0.2) is 5.13 Å². The Morgan fingerprint density at radius 3 is 2.80 bits per heavy atom. The Morgan fingerprint density at radius 1 is 1.35 bits per heavy atom. The molecule has 0 aliphatic carbocycles. The molecular weight excluding hydrogens is 282 g/mol. The van der Waals surface area contributed by atoms with Crippen molar-refractivity contribution in [3.05, 3.63) is 46.9 Å². The zero-order valence-electron chi connectivity index (χ0n) is 10.9. The average molecular weight is 294 g/mol. The lowest BCUT2D eigenvalue weighted by Gasteiger charge is -1.99. The summed E-state index contributed by atoms with van der Waals surface area (Å²) in [5.74, 6) is -1.39. The molecule has 0 saturated carbocycles. The topological polar surface area (TPSA) is 42.0 Å². The van der Waals surface area contributed by atoms with Crippen LogP contribution in [0.1, 0.15) is 13.8 Å². The molecule has 1 aromatic heterocycles. The van der Waals surface area contributed by atoms with Gasteiger partial charge in [0.1, 0.15) is 11.6 Å². The predicted octanol–water partition coefficient (Wildman–Crippen LogP) is 3.99. The molecule has 1 N–H and O–H groups in total. The summed E-state index contributed by atoms with van der Waals surface area (Å²) in [7, 11) is 0. The van der Waals surface area contributed by atoms with Crippen molar-refractivity contribution < 1.29 is 13.6 Å². The molecule has 6 heteroatoms. The lowest BCUT2D eigenvalue weighted by Crippen LogP contribution is -2.08. The molecule has 1 heterocycles. The molecule has 104 valence electrons. The summed E-state index contributed by atoms with van der Waals surface area (Å²) in [4.78, 5) is 15.6. The molecule has 0 atom stereocenters. The largest absolute Gasteiger partial charge is 0.298 e. The number of thiazole rings is 1. The van der Waals surface area contributed by atoms with Crippen LogP contribution in [0.4, 0.5) is 13.9 Å². The number of aromatic nitrogens is 1. The van der Waals surface area contributed by atoms with E-state index in [-0.39, 0.29) is 11.5 Å². The second kappa shape index (κ2) is 5.92. The number of anilines is 1. The van der Waals surface area contributed by atoms with Crippen molar-refractivity contribution in [3.63, 3.8) is 0 Å². The molecule has 3 nitrogen and oxygen atoms in total. The van der Waals surface area contributed by atoms with Gasteiger partial charge < -0.3 is 0 Å². The summed E-state index contributed by atoms with van der Waals surface area (Å²) in [6.07, 6.45) is 1.43. The van der Waals surface area contributed by atoms with Crippen molar-refractivity contribution in [1.29, 1.82) is 0 Å². The first-order valence-electron chi connectivity index (χ1n) is 5.82. The van der Waals surface area contributed by atoms with Gasteiger partial charge in [-0.1, -0.05) is 5.57 Å². The Balaban J connectivity index is 2.23. The van der Waals surface area contributed by atoms with E-state index in [0.717, 1.165) is 35.1 Å². The van der Waals surface area contributed by atoms with Gasteiger partial charge in [-0.25, -0.2) is 13.8 Å². The van der Waals surface area contributed by atoms with Crippen molar-refractivity contribution in [3.8, 4) is 11.3 Å². The zero-order valence-corrected chi connectivity index (χ0v) is 11.7. The van der Waals surface area contributed by atoms with Crippen LogP contribution in [0.15, 0.2) is 35.2 Å². The maximum atomic E-state index is 13.6. The Labute approximate surface area is 119 Å². The molecule has 1 aromatic carbocycles. The van der Waals surface area contributed by atoms with E-state index in [1.807, 2.05) is 0 Å². The molecule has 2 rings (SSSR count). The van der Waals surface area contributed by atoms with E-state index in [9.17, 15) is 13.6 Å². The zero-order chi connectivity index (χ0) is 14.7. The van der Waals surface area contributed by atoms with Crippen molar-refractivity contribution in [1.82, 2.24) is 4.98 Å². The highest BCUT2D eigenvalue weighted by Crippen LogP contribution is 2.27. The van der Waals surface area contributed by atoms with Crippen molar-refractivity contribution in [2.45, 2.75) is 13.8 Å². The third-order valence-corrected chi connectivity index (χ3v) is 3.12. The molecule has 1 amide bonds. The van der Waals surface area contributed by atoms with Gasteiger partial charge in [-0.3, -0.25) is 10.1 Å². The molecule has 0 saturated heterocycles. The fourth-order valence-electron chi connectivity index (χ4n) is 1.55. The van der Waals surface area contributed by atoms with Crippen LogP contribution in [-0.4, -0.2) is 10.9 Å². The molecular formula is C14H12F2N2OS. The van der Waals surface area contributed by atoms with E-state index < -0.39 is 11.6 Å². The van der Waals surface area contributed by atoms with E-state index in [4.69, 9.17) is 0 Å². The monoisotopic (exact) mass is 294 g/mol. The number of carbonyl (C=O) groups is 1. The van der Waals surface area contributed by atoms with Gasteiger partial charge in [0, 0.05) is 17.0 Å². The van der Waals surface area contributed by atoms with E-state index in [1.54, 1.807) is 19.2 Å². The third-order valence-electron chi connectivity index (χ3n) is 2.36. The van der Waals surface area contributed by atoms with Crippen molar-refractivity contribution >= 4 is 22.4 Å². The van der Waals surface area contributed by atoms with Crippen LogP contribution in [0, 0.1) is 11.6 Å². The predicted molar refractivity (Wildman–Crippen MR) is 75.5 cm³/mol. The number of benzene rings is 1. The van der Waals surface area contributed by atoms with Gasteiger partial charge in [0.05, 0.1) is 5.69 Å². The first-order valence-corrected chi connectivity index (χ1v) is 6.70. The van der Waals surface area contributed by atoms with Crippen LogP contribution in [0.3, 0.4) is 0 Å². The van der Waals surface area contributed by atoms with Crippen molar-refractivity contribution in [2.24, 2.45) is 0 Å². The fourth-order valence-corrected chi connectivity index (χ4v) is 2.27. The average Bonchev–Trinajstić information content (AvgIpc) is 2.79. The lowest BCUT2D eigenvalue weighted by molar-refractivity contribution is -0.111. The summed E-state index contributed by atoms with van der Waals surface area (Å²) in [6.45, 7) is 3.60. The molecule has 0 aliphatic heterocycles. The molecule has 0 fully saturated rings. The molecule has 0 spiro atoms. The first-order chi connectivity index (χ1) is 9.45.